The van der Waals surface area contributed by atoms with Crippen molar-refractivity contribution in [3.63, 3.8) is 0 Å². The molecule has 2 atom stereocenters. The van der Waals surface area contributed by atoms with Gasteiger partial charge in [-0.3, -0.25) is 9.59 Å². The first-order valence-corrected chi connectivity index (χ1v) is 7.50. The summed E-state index contributed by atoms with van der Waals surface area (Å²) < 4.78 is 0. The van der Waals surface area contributed by atoms with E-state index < -0.39 is 23.3 Å². The standard InChI is InChI=1S/C18H24O4/c1-3-8-15(16(19)20)11-7-12-18(2,17(21)22)13-14-9-5-4-6-10-14/h3-6,9-10,15H,1,7-8,11-13H2,2H3,(H,19,20)(H,21,22). The molecule has 1 aromatic rings. The summed E-state index contributed by atoms with van der Waals surface area (Å²) in [7, 11) is 0. The number of carbonyl (C=O) groups is 2. The Morgan fingerprint density at radius 3 is 2.41 bits per heavy atom. The van der Waals surface area contributed by atoms with E-state index in [9.17, 15) is 14.7 Å². The lowest BCUT2D eigenvalue weighted by atomic mass is 9.78. The van der Waals surface area contributed by atoms with Gasteiger partial charge in [0.15, 0.2) is 0 Å². The summed E-state index contributed by atoms with van der Waals surface area (Å²) in [5, 5.41) is 18.7. The number of aliphatic carboxylic acids is 2. The van der Waals surface area contributed by atoms with Gasteiger partial charge in [-0.25, -0.2) is 0 Å². The van der Waals surface area contributed by atoms with Crippen LogP contribution in [-0.2, 0) is 16.0 Å². The van der Waals surface area contributed by atoms with Crippen LogP contribution in [-0.4, -0.2) is 22.2 Å². The highest BCUT2D eigenvalue weighted by molar-refractivity contribution is 5.74. The van der Waals surface area contributed by atoms with Gasteiger partial charge in [0.25, 0.3) is 0 Å². The lowest BCUT2D eigenvalue weighted by molar-refractivity contribution is -0.148. The molecule has 1 rings (SSSR count). The monoisotopic (exact) mass is 304 g/mol. The van der Waals surface area contributed by atoms with Crippen LogP contribution in [0.2, 0.25) is 0 Å². The minimum atomic E-state index is -0.876. The molecule has 22 heavy (non-hydrogen) atoms. The van der Waals surface area contributed by atoms with Crippen LogP contribution >= 0.6 is 0 Å². The molecule has 120 valence electrons. The Bertz CT molecular complexity index is 509. The van der Waals surface area contributed by atoms with Gasteiger partial charge in [0, 0.05) is 0 Å². The molecule has 2 unspecified atom stereocenters. The van der Waals surface area contributed by atoms with Gasteiger partial charge in [-0.05, 0) is 38.2 Å². The smallest absolute Gasteiger partial charge is 0.309 e. The van der Waals surface area contributed by atoms with Crippen LogP contribution in [0.1, 0.15) is 38.2 Å². The van der Waals surface area contributed by atoms with E-state index in [0.717, 1.165) is 5.56 Å². The third-order valence-corrected chi connectivity index (χ3v) is 4.03. The number of benzene rings is 1. The summed E-state index contributed by atoms with van der Waals surface area (Å²) in [6.07, 6.45) is 3.96. The van der Waals surface area contributed by atoms with Crippen LogP contribution < -0.4 is 0 Å². The topological polar surface area (TPSA) is 74.6 Å². The Hall–Kier alpha value is -2.10. The molecule has 0 aliphatic rings. The van der Waals surface area contributed by atoms with Gasteiger partial charge in [0.05, 0.1) is 11.3 Å². The predicted octanol–water partition coefficient (Wildman–Crippen LogP) is 3.77. The van der Waals surface area contributed by atoms with Crippen LogP contribution in [0.3, 0.4) is 0 Å². The lowest BCUT2D eigenvalue weighted by Gasteiger charge is -2.25. The summed E-state index contributed by atoms with van der Waals surface area (Å²) >= 11 is 0. The summed E-state index contributed by atoms with van der Waals surface area (Å²) in [6.45, 7) is 5.29. The highest BCUT2D eigenvalue weighted by Crippen LogP contribution is 2.30. The zero-order chi connectivity index (χ0) is 16.6. The molecule has 1 aromatic carbocycles. The van der Waals surface area contributed by atoms with Gasteiger partial charge in [0.1, 0.15) is 0 Å². The average Bonchev–Trinajstić information content (AvgIpc) is 2.47. The maximum absolute atomic E-state index is 11.6. The number of carboxylic acid groups (broad SMARTS) is 2. The molecule has 0 aliphatic heterocycles. The third kappa shape index (κ3) is 5.35. The lowest BCUT2D eigenvalue weighted by Crippen LogP contribution is -2.30. The van der Waals surface area contributed by atoms with Gasteiger partial charge in [0.2, 0.25) is 0 Å². The van der Waals surface area contributed by atoms with E-state index >= 15 is 0 Å². The highest BCUT2D eigenvalue weighted by Gasteiger charge is 2.33. The van der Waals surface area contributed by atoms with Gasteiger partial charge >= 0.3 is 11.9 Å². The zero-order valence-electron chi connectivity index (χ0n) is 13.0. The quantitative estimate of drug-likeness (QED) is 0.645. The molecular formula is C18H24O4. The molecular weight excluding hydrogens is 280 g/mol. The van der Waals surface area contributed by atoms with Crippen LogP contribution in [0, 0.1) is 11.3 Å². The number of hydrogen-bond donors (Lipinski definition) is 2. The number of allylic oxidation sites excluding steroid dienone is 1. The van der Waals surface area contributed by atoms with E-state index in [1.165, 1.54) is 0 Å². The molecule has 0 amide bonds. The van der Waals surface area contributed by atoms with Gasteiger partial charge in [-0.15, -0.1) is 6.58 Å². The molecule has 4 heteroatoms. The number of hydrogen-bond acceptors (Lipinski definition) is 2. The van der Waals surface area contributed by atoms with Crippen molar-refractivity contribution in [2.45, 2.75) is 39.0 Å². The van der Waals surface area contributed by atoms with Crippen molar-refractivity contribution in [2.75, 3.05) is 0 Å². The minimum absolute atomic E-state index is 0.414. The summed E-state index contributed by atoms with van der Waals surface area (Å²) in [4.78, 5) is 22.7. The van der Waals surface area contributed by atoms with Crippen molar-refractivity contribution in [3.05, 3.63) is 48.6 Å². The fraction of sp³-hybridized carbons (Fsp3) is 0.444. The summed E-state index contributed by atoms with van der Waals surface area (Å²) in [5.74, 6) is -2.17. The second kappa shape index (κ2) is 8.37. The molecule has 0 fully saturated rings. The van der Waals surface area contributed by atoms with Gasteiger partial charge < -0.3 is 10.2 Å². The molecule has 0 saturated heterocycles. The summed E-state index contributed by atoms with van der Waals surface area (Å²) in [6, 6.07) is 9.51. The maximum Gasteiger partial charge on any atom is 0.309 e. The molecule has 0 heterocycles. The summed E-state index contributed by atoms with van der Waals surface area (Å²) in [5.41, 5.74) is 0.103. The van der Waals surface area contributed by atoms with Gasteiger partial charge in [-0.1, -0.05) is 42.8 Å². The third-order valence-electron chi connectivity index (χ3n) is 4.03. The maximum atomic E-state index is 11.6. The van der Waals surface area contributed by atoms with E-state index in [0.29, 0.717) is 32.1 Å². The number of rotatable bonds is 10. The first-order valence-electron chi connectivity index (χ1n) is 7.50. The van der Waals surface area contributed by atoms with E-state index in [1.54, 1.807) is 13.0 Å². The zero-order valence-corrected chi connectivity index (χ0v) is 13.0. The normalized spacial score (nSPS) is 14.8. The second-order valence-electron chi connectivity index (χ2n) is 5.98. The molecule has 0 aliphatic carbocycles. The molecule has 4 nitrogen and oxygen atoms in total. The van der Waals surface area contributed by atoms with Crippen LogP contribution in [0.4, 0.5) is 0 Å². The average molecular weight is 304 g/mol. The van der Waals surface area contributed by atoms with E-state index in [4.69, 9.17) is 5.11 Å². The first-order chi connectivity index (χ1) is 10.4. The van der Waals surface area contributed by atoms with Crippen LogP contribution in [0.5, 0.6) is 0 Å². The van der Waals surface area contributed by atoms with E-state index in [-0.39, 0.29) is 0 Å². The molecule has 0 bridgehead atoms. The van der Waals surface area contributed by atoms with Crippen molar-refractivity contribution in [1.82, 2.24) is 0 Å². The van der Waals surface area contributed by atoms with Crippen molar-refractivity contribution in [2.24, 2.45) is 11.3 Å². The second-order valence-corrected chi connectivity index (χ2v) is 5.98. The molecule has 0 spiro atoms. The largest absolute Gasteiger partial charge is 0.481 e. The fourth-order valence-corrected chi connectivity index (χ4v) is 2.60. The Morgan fingerprint density at radius 2 is 1.91 bits per heavy atom. The Labute approximate surface area is 131 Å². The van der Waals surface area contributed by atoms with Crippen LogP contribution in [0.25, 0.3) is 0 Å². The molecule has 0 radical (unpaired) electrons. The molecule has 2 N–H and O–H groups in total. The Balaban J connectivity index is 2.65. The van der Waals surface area contributed by atoms with E-state index in [2.05, 4.69) is 6.58 Å². The van der Waals surface area contributed by atoms with Crippen molar-refractivity contribution in [3.8, 4) is 0 Å². The minimum Gasteiger partial charge on any atom is -0.481 e. The first kappa shape index (κ1) is 18.0. The Morgan fingerprint density at radius 1 is 1.27 bits per heavy atom. The van der Waals surface area contributed by atoms with Crippen LogP contribution in [0.15, 0.2) is 43.0 Å². The SMILES string of the molecule is C=CCC(CCCC(C)(Cc1ccccc1)C(=O)O)C(=O)O. The van der Waals surface area contributed by atoms with Gasteiger partial charge in [-0.2, -0.15) is 0 Å². The predicted molar refractivity (Wildman–Crippen MR) is 85.7 cm³/mol. The van der Waals surface area contributed by atoms with Crippen molar-refractivity contribution in [1.29, 1.82) is 0 Å². The molecule has 0 saturated carbocycles. The number of carboxylic acids is 2. The Kier molecular flexibility index (Phi) is 6.83. The highest BCUT2D eigenvalue weighted by atomic mass is 16.4. The fourth-order valence-electron chi connectivity index (χ4n) is 2.60. The molecule has 0 aromatic heterocycles. The van der Waals surface area contributed by atoms with E-state index in [1.807, 2.05) is 30.3 Å². The van der Waals surface area contributed by atoms with Crippen molar-refractivity contribution < 1.29 is 19.8 Å². The van der Waals surface area contributed by atoms with Crippen molar-refractivity contribution >= 4 is 11.9 Å².